The lowest BCUT2D eigenvalue weighted by atomic mass is 10.1. The molecule has 1 heterocycles. The lowest BCUT2D eigenvalue weighted by Crippen LogP contribution is -2.48. The standard InChI is InChI=1S/C17H19N2O3/c20-14-13-19(17(22)18-11-5-2-6-12-18)16(21)10-9-15-7-3-1-4-8-15/h1,3-4,7-10H,2,5-6,11-13H2/b10-9+. The number of hydrogen-bond donors (Lipinski definition) is 0. The first-order chi connectivity index (χ1) is 10.7. The molecule has 5 nitrogen and oxygen atoms in total. The van der Waals surface area contributed by atoms with Gasteiger partial charge in [-0.2, -0.15) is 0 Å². The number of piperidine rings is 1. The van der Waals surface area contributed by atoms with E-state index in [0.29, 0.717) is 13.1 Å². The van der Waals surface area contributed by atoms with Crippen LogP contribution in [0.25, 0.3) is 6.08 Å². The smallest absolute Gasteiger partial charge is 0.324 e. The SMILES string of the molecule is O=[C]CN(C(=O)/C=C/c1ccccc1)C(=O)N1CCCCC1. The maximum atomic E-state index is 12.4. The van der Waals surface area contributed by atoms with Crippen LogP contribution in [0.5, 0.6) is 0 Å². The van der Waals surface area contributed by atoms with Crippen LogP contribution in [0.1, 0.15) is 24.8 Å². The fourth-order valence-electron chi connectivity index (χ4n) is 2.38. The van der Waals surface area contributed by atoms with Crippen molar-refractivity contribution >= 4 is 24.3 Å². The molecule has 2 rings (SSSR count). The molecule has 3 amide bonds. The molecule has 115 valence electrons. The first-order valence-corrected chi connectivity index (χ1v) is 7.41. The number of benzene rings is 1. The zero-order valence-corrected chi connectivity index (χ0v) is 12.4. The fraction of sp³-hybridized carbons (Fsp3) is 0.353. The highest BCUT2D eigenvalue weighted by atomic mass is 16.2. The zero-order chi connectivity index (χ0) is 15.8. The minimum atomic E-state index is -0.497. The van der Waals surface area contributed by atoms with Gasteiger partial charge in [-0.3, -0.25) is 14.5 Å². The lowest BCUT2D eigenvalue weighted by Gasteiger charge is -2.30. The minimum absolute atomic E-state index is 0.340. The van der Waals surface area contributed by atoms with Gasteiger partial charge in [-0.15, -0.1) is 0 Å². The molecular formula is C17H19N2O3. The maximum absolute atomic E-state index is 12.4. The Labute approximate surface area is 130 Å². The van der Waals surface area contributed by atoms with Gasteiger partial charge in [0.25, 0.3) is 5.91 Å². The second-order valence-electron chi connectivity index (χ2n) is 5.14. The molecule has 0 aromatic heterocycles. The van der Waals surface area contributed by atoms with Crippen molar-refractivity contribution in [3.8, 4) is 0 Å². The Morgan fingerprint density at radius 2 is 1.82 bits per heavy atom. The number of imide groups is 1. The highest BCUT2D eigenvalue weighted by Gasteiger charge is 2.26. The highest BCUT2D eigenvalue weighted by molar-refractivity contribution is 6.03. The zero-order valence-electron chi connectivity index (χ0n) is 12.4. The van der Waals surface area contributed by atoms with Crippen LogP contribution >= 0.6 is 0 Å². The second-order valence-corrected chi connectivity index (χ2v) is 5.14. The van der Waals surface area contributed by atoms with Gasteiger partial charge in [0.1, 0.15) is 0 Å². The molecule has 0 atom stereocenters. The van der Waals surface area contributed by atoms with Gasteiger partial charge in [0.2, 0.25) is 6.29 Å². The molecule has 1 radical (unpaired) electrons. The van der Waals surface area contributed by atoms with Crippen molar-refractivity contribution in [2.24, 2.45) is 0 Å². The molecule has 1 saturated heterocycles. The van der Waals surface area contributed by atoms with Gasteiger partial charge in [0.05, 0.1) is 6.54 Å². The van der Waals surface area contributed by atoms with Crippen LogP contribution < -0.4 is 0 Å². The normalized spacial score (nSPS) is 14.8. The molecule has 0 N–H and O–H groups in total. The van der Waals surface area contributed by atoms with Gasteiger partial charge >= 0.3 is 6.03 Å². The lowest BCUT2D eigenvalue weighted by molar-refractivity contribution is -0.123. The number of carbonyl (C=O) groups excluding carboxylic acids is 3. The quantitative estimate of drug-likeness (QED) is 0.801. The average molecular weight is 299 g/mol. The summed E-state index contributed by atoms with van der Waals surface area (Å²) in [5, 5.41) is 0. The van der Waals surface area contributed by atoms with E-state index in [1.54, 1.807) is 17.3 Å². The predicted octanol–water partition coefficient (Wildman–Crippen LogP) is 2.24. The molecule has 0 aliphatic carbocycles. The van der Waals surface area contributed by atoms with E-state index >= 15 is 0 Å². The number of likely N-dealkylation sites (tertiary alicyclic amines) is 1. The van der Waals surface area contributed by atoms with Crippen LogP contribution in [0, 0.1) is 0 Å². The molecule has 1 aliphatic heterocycles. The van der Waals surface area contributed by atoms with E-state index in [2.05, 4.69) is 0 Å². The molecule has 1 aromatic rings. The summed E-state index contributed by atoms with van der Waals surface area (Å²) < 4.78 is 0. The Bertz CT molecular complexity index is 548. The third kappa shape index (κ3) is 4.28. The van der Waals surface area contributed by atoms with Crippen molar-refractivity contribution in [1.29, 1.82) is 0 Å². The van der Waals surface area contributed by atoms with Crippen LogP contribution in [-0.2, 0) is 9.59 Å². The van der Waals surface area contributed by atoms with Crippen molar-refractivity contribution in [1.82, 2.24) is 9.80 Å². The van der Waals surface area contributed by atoms with Gasteiger partial charge < -0.3 is 4.90 Å². The van der Waals surface area contributed by atoms with E-state index in [1.807, 2.05) is 30.3 Å². The first-order valence-electron chi connectivity index (χ1n) is 7.41. The number of nitrogens with zero attached hydrogens (tertiary/aromatic N) is 2. The van der Waals surface area contributed by atoms with Crippen LogP contribution in [0.4, 0.5) is 4.79 Å². The summed E-state index contributed by atoms with van der Waals surface area (Å²) in [5.74, 6) is -0.497. The summed E-state index contributed by atoms with van der Waals surface area (Å²) in [6, 6.07) is 8.90. The molecule has 0 unspecified atom stereocenters. The Morgan fingerprint density at radius 3 is 2.45 bits per heavy atom. The monoisotopic (exact) mass is 299 g/mol. The van der Waals surface area contributed by atoms with E-state index in [0.717, 1.165) is 29.7 Å². The topological polar surface area (TPSA) is 57.7 Å². The summed E-state index contributed by atoms with van der Waals surface area (Å²) in [5.41, 5.74) is 0.858. The number of hydrogen-bond acceptors (Lipinski definition) is 3. The van der Waals surface area contributed by atoms with Crippen LogP contribution in [0.3, 0.4) is 0 Å². The van der Waals surface area contributed by atoms with Crippen LogP contribution in [0.2, 0.25) is 0 Å². The van der Waals surface area contributed by atoms with Gasteiger partial charge in [-0.25, -0.2) is 4.79 Å². The number of carbonyl (C=O) groups is 2. The third-order valence-corrected chi connectivity index (χ3v) is 3.56. The molecule has 1 fully saturated rings. The number of amides is 3. The van der Waals surface area contributed by atoms with E-state index in [-0.39, 0.29) is 6.54 Å². The van der Waals surface area contributed by atoms with E-state index in [1.165, 1.54) is 6.08 Å². The number of rotatable bonds is 4. The van der Waals surface area contributed by atoms with E-state index in [9.17, 15) is 14.4 Å². The van der Waals surface area contributed by atoms with Gasteiger partial charge in [-0.1, -0.05) is 30.3 Å². The molecule has 0 spiro atoms. The molecular weight excluding hydrogens is 280 g/mol. The summed E-state index contributed by atoms with van der Waals surface area (Å²) in [4.78, 5) is 37.8. The molecule has 0 saturated carbocycles. The van der Waals surface area contributed by atoms with Gasteiger partial charge in [0, 0.05) is 19.2 Å². The summed E-state index contributed by atoms with van der Waals surface area (Å²) >= 11 is 0. The molecule has 22 heavy (non-hydrogen) atoms. The Kier molecular flexibility index (Phi) is 5.89. The Hall–Kier alpha value is -2.43. The summed E-state index contributed by atoms with van der Waals surface area (Å²) in [6.07, 6.45) is 7.53. The third-order valence-electron chi connectivity index (χ3n) is 3.56. The number of urea groups is 1. The van der Waals surface area contributed by atoms with E-state index < -0.39 is 11.9 Å². The molecule has 5 heteroatoms. The van der Waals surface area contributed by atoms with Crippen LogP contribution in [0.15, 0.2) is 36.4 Å². The van der Waals surface area contributed by atoms with E-state index in [4.69, 9.17) is 0 Å². The average Bonchev–Trinajstić information content (AvgIpc) is 2.58. The van der Waals surface area contributed by atoms with Crippen molar-refractivity contribution < 1.29 is 14.4 Å². The van der Waals surface area contributed by atoms with Crippen LogP contribution in [-0.4, -0.2) is 47.7 Å². The molecule has 1 aromatic carbocycles. The Balaban J connectivity index is 2.05. The van der Waals surface area contributed by atoms with Crippen molar-refractivity contribution in [2.45, 2.75) is 19.3 Å². The maximum Gasteiger partial charge on any atom is 0.327 e. The summed E-state index contributed by atoms with van der Waals surface area (Å²) in [6.45, 7) is 0.918. The predicted molar refractivity (Wildman–Crippen MR) is 83.7 cm³/mol. The highest BCUT2D eigenvalue weighted by Crippen LogP contribution is 2.12. The largest absolute Gasteiger partial charge is 0.327 e. The first kappa shape index (κ1) is 15.9. The van der Waals surface area contributed by atoms with Crippen molar-refractivity contribution in [2.75, 3.05) is 19.6 Å². The van der Waals surface area contributed by atoms with Crippen molar-refractivity contribution in [3.05, 3.63) is 42.0 Å². The molecule has 0 bridgehead atoms. The fourth-order valence-corrected chi connectivity index (χ4v) is 2.38. The van der Waals surface area contributed by atoms with Crippen molar-refractivity contribution in [3.63, 3.8) is 0 Å². The Morgan fingerprint density at radius 1 is 1.14 bits per heavy atom. The van der Waals surface area contributed by atoms with Gasteiger partial charge in [-0.05, 0) is 30.9 Å². The second kappa shape index (κ2) is 8.12. The minimum Gasteiger partial charge on any atom is -0.324 e. The summed E-state index contributed by atoms with van der Waals surface area (Å²) in [7, 11) is 0. The molecule has 1 aliphatic rings. The van der Waals surface area contributed by atoms with Gasteiger partial charge in [0.15, 0.2) is 0 Å².